The van der Waals surface area contributed by atoms with E-state index in [1.54, 1.807) is 0 Å². The summed E-state index contributed by atoms with van der Waals surface area (Å²) in [5.41, 5.74) is 5.45. The summed E-state index contributed by atoms with van der Waals surface area (Å²) in [6, 6.07) is -0.921. The van der Waals surface area contributed by atoms with Gasteiger partial charge in [0.25, 0.3) is 0 Å². The van der Waals surface area contributed by atoms with Crippen LogP contribution in [0, 0.1) is 0 Å². The summed E-state index contributed by atoms with van der Waals surface area (Å²) in [5, 5.41) is 29.1. The van der Waals surface area contributed by atoms with Crippen molar-refractivity contribution in [2.24, 2.45) is 5.73 Å². The largest absolute Gasteiger partial charge is 0.481 e. The molecule has 0 spiro atoms. The molecule has 0 heterocycles. The molecule has 2 amide bonds. The van der Waals surface area contributed by atoms with Gasteiger partial charge in [0.15, 0.2) is 0 Å². The van der Waals surface area contributed by atoms with Crippen LogP contribution in [0.5, 0.6) is 0 Å². The molecule has 0 fully saturated rings. The number of carbonyl (C=O) groups is 5. The van der Waals surface area contributed by atoms with Gasteiger partial charge in [-0.2, -0.15) is 0 Å². The van der Waals surface area contributed by atoms with E-state index >= 15 is 0 Å². The number of carboxylic acids is 3. The topological polar surface area (TPSA) is 187 Å². The first-order valence-electron chi connectivity index (χ1n) is 15.1. The van der Waals surface area contributed by atoms with E-state index in [1.807, 2.05) is 0 Å². The highest BCUT2D eigenvalue weighted by atomic mass is 16.4. The molecule has 0 aromatic heterocycles. The van der Waals surface area contributed by atoms with Crippen molar-refractivity contribution in [2.45, 2.75) is 134 Å². The van der Waals surface area contributed by atoms with E-state index in [0.717, 1.165) is 38.5 Å². The number of nitrogens with zero attached hydrogens (tertiary/aromatic N) is 1. The van der Waals surface area contributed by atoms with Crippen molar-refractivity contribution in [3.8, 4) is 0 Å². The predicted octanol–water partition coefficient (Wildman–Crippen LogP) is 4.31. The number of amides is 2. The Bertz CT molecular complexity index is 732. The number of hydrogen-bond acceptors (Lipinski definition) is 6. The van der Waals surface area contributed by atoms with Gasteiger partial charge in [-0.15, -0.1) is 0 Å². The van der Waals surface area contributed by atoms with Gasteiger partial charge in [0.2, 0.25) is 11.8 Å². The number of hydrogen-bond donors (Lipinski definition) is 5. The van der Waals surface area contributed by atoms with Crippen molar-refractivity contribution in [1.29, 1.82) is 0 Å². The summed E-state index contributed by atoms with van der Waals surface area (Å²) < 4.78 is 0. The Balaban J connectivity index is 3.90. The van der Waals surface area contributed by atoms with Crippen LogP contribution in [0.25, 0.3) is 0 Å². The van der Waals surface area contributed by atoms with E-state index in [4.69, 9.17) is 21.1 Å². The fourth-order valence-corrected chi connectivity index (χ4v) is 4.42. The molecule has 0 saturated carbocycles. The second-order valence-corrected chi connectivity index (χ2v) is 10.6. The lowest BCUT2D eigenvalue weighted by Crippen LogP contribution is -2.42. The van der Waals surface area contributed by atoms with Gasteiger partial charge in [-0.05, 0) is 32.1 Å². The van der Waals surface area contributed by atoms with Crippen LogP contribution in [-0.4, -0.2) is 75.6 Å². The van der Waals surface area contributed by atoms with Crippen molar-refractivity contribution in [3.05, 3.63) is 0 Å². The monoisotopic (exact) mass is 571 g/mol. The zero-order chi connectivity index (χ0) is 30.0. The Morgan fingerprint density at radius 2 is 1.05 bits per heavy atom. The Morgan fingerprint density at radius 3 is 1.50 bits per heavy atom. The van der Waals surface area contributed by atoms with E-state index in [9.17, 15) is 24.0 Å². The molecule has 0 rings (SSSR count). The smallest absolute Gasteiger partial charge is 0.320 e. The maximum Gasteiger partial charge on any atom is 0.320 e. The highest BCUT2D eigenvalue weighted by molar-refractivity contribution is 5.85. The Labute approximate surface area is 239 Å². The van der Waals surface area contributed by atoms with Crippen molar-refractivity contribution in [3.63, 3.8) is 0 Å². The molecule has 0 aliphatic heterocycles. The average Bonchev–Trinajstić information content (AvgIpc) is 2.89. The Morgan fingerprint density at radius 1 is 0.600 bits per heavy atom. The van der Waals surface area contributed by atoms with Gasteiger partial charge in [0.1, 0.15) is 6.04 Å². The summed E-state index contributed by atoms with van der Waals surface area (Å²) in [4.78, 5) is 58.3. The average molecular weight is 572 g/mol. The first-order valence-corrected chi connectivity index (χ1v) is 15.1. The van der Waals surface area contributed by atoms with Crippen LogP contribution in [0.2, 0.25) is 0 Å². The van der Waals surface area contributed by atoms with Gasteiger partial charge in [0.05, 0.1) is 13.0 Å². The molecule has 0 bridgehead atoms. The number of carbonyl (C=O) groups excluding carboxylic acids is 2. The number of rotatable bonds is 28. The lowest BCUT2D eigenvalue weighted by molar-refractivity contribution is -0.141. The van der Waals surface area contributed by atoms with Crippen molar-refractivity contribution >= 4 is 29.7 Å². The molecular formula is C29H53N3O8. The fourth-order valence-electron chi connectivity index (χ4n) is 4.42. The minimum atomic E-state index is -1.06. The molecule has 232 valence electrons. The molecule has 40 heavy (non-hydrogen) atoms. The van der Waals surface area contributed by atoms with Crippen molar-refractivity contribution in [1.82, 2.24) is 10.2 Å². The molecular weight excluding hydrogens is 518 g/mol. The second kappa shape index (κ2) is 25.3. The summed E-state index contributed by atoms with van der Waals surface area (Å²) in [6.07, 6.45) is 17.0. The lowest BCUT2D eigenvalue weighted by Gasteiger charge is -2.21. The number of nitrogens with one attached hydrogen (secondary N) is 1. The van der Waals surface area contributed by atoms with Crippen LogP contribution < -0.4 is 11.1 Å². The molecule has 11 heteroatoms. The summed E-state index contributed by atoms with van der Waals surface area (Å²) in [7, 11) is 0. The maximum atomic E-state index is 12.6. The van der Waals surface area contributed by atoms with E-state index in [2.05, 4.69) is 5.32 Å². The molecule has 0 radical (unpaired) electrons. The highest BCUT2D eigenvalue weighted by Crippen LogP contribution is 2.14. The van der Waals surface area contributed by atoms with Gasteiger partial charge in [-0.3, -0.25) is 24.0 Å². The van der Waals surface area contributed by atoms with Crippen LogP contribution in [0.4, 0.5) is 0 Å². The molecule has 0 saturated heterocycles. The molecule has 0 aromatic carbocycles. The van der Waals surface area contributed by atoms with E-state index in [-0.39, 0.29) is 44.2 Å². The quantitative estimate of drug-likeness (QED) is 0.0852. The Hall–Kier alpha value is -2.69. The van der Waals surface area contributed by atoms with Gasteiger partial charge < -0.3 is 31.3 Å². The maximum absolute atomic E-state index is 12.6. The van der Waals surface area contributed by atoms with E-state index in [1.165, 1.54) is 49.8 Å². The third-order valence-corrected chi connectivity index (χ3v) is 6.90. The van der Waals surface area contributed by atoms with Gasteiger partial charge >= 0.3 is 17.9 Å². The Kier molecular flexibility index (Phi) is 23.6. The summed E-state index contributed by atoms with van der Waals surface area (Å²) in [5.74, 6) is -3.37. The molecule has 6 N–H and O–H groups in total. The van der Waals surface area contributed by atoms with Crippen LogP contribution >= 0.6 is 0 Å². The highest BCUT2D eigenvalue weighted by Gasteiger charge is 2.18. The standard InChI is InChI=1S/C29H53N3O8/c30-24(29(39)40)17-15-16-21-31-25(33)23-32(22-20-28(37)38)26(34)18-13-11-9-7-5-3-1-2-4-6-8-10-12-14-19-27(35)36/h24H,1-23,30H2,(H,31,33)(H,35,36)(H,37,38)(H,39,40)/t24-/m0/s1. The number of nitrogens with two attached hydrogens (primary N) is 1. The zero-order valence-corrected chi connectivity index (χ0v) is 24.2. The summed E-state index contributed by atoms with van der Waals surface area (Å²) in [6.45, 7) is 0.133. The zero-order valence-electron chi connectivity index (χ0n) is 24.2. The van der Waals surface area contributed by atoms with Gasteiger partial charge in [0, 0.05) is 25.9 Å². The van der Waals surface area contributed by atoms with E-state index < -0.39 is 23.9 Å². The number of unbranched alkanes of at least 4 members (excludes halogenated alkanes) is 14. The van der Waals surface area contributed by atoms with Gasteiger partial charge in [-0.25, -0.2) is 0 Å². The minimum Gasteiger partial charge on any atom is -0.481 e. The van der Waals surface area contributed by atoms with Crippen molar-refractivity contribution in [2.75, 3.05) is 19.6 Å². The van der Waals surface area contributed by atoms with Crippen LogP contribution in [0.1, 0.15) is 128 Å². The summed E-state index contributed by atoms with van der Waals surface area (Å²) >= 11 is 0. The second-order valence-electron chi connectivity index (χ2n) is 10.6. The molecule has 0 aliphatic rings. The molecule has 11 nitrogen and oxygen atoms in total. The number of carboxylic acid groups (broad SMARTS) is 3. The SMILES string of the molecule is N[C@@H](CCCCNC(=O)CN(CCC(=O)O)C(=O)CCCCCCCCCCCCCCCCC(=O)O)C(=O)O. The predicted molar refractivity (Wildman–Crippen MR) is 153 cm³/mol. The molecule has 0 aromatic rings. The minimum absolute atomic E-state index is 0.0141. The first kappa shape index (κ1) is 37.3. The van der Waals surface area contributed by atoms with E-state index in [0.29, 0.717) is 32.2 Å². The molecule has 1 atom stereocenters. The third-order valence-electron chi connectivity index (χ3n) is 6.90. The van der Waals surface area contributed by atoms with Gasteiger partial charge in [-0.1, -0.05) is 77.0 Å². The molecule has 0 unspecified atom stereocenters. The number of aliphatic carboxylic acids is 3. The normalized spacial score (nSPS) is 11.6. The first-order chi connectivity index (χ1) is 19.1. The van der Waals surface area contributed by atoms with Crippen molar-refractivity contribution < 1.29 is 39.3 Å². The third kappa shape index (κ3) is 24.4. The van der Waals surface area contributed by atoms with Crippen LogP contribution in [0.3, 0.4) is 0 Å². The fraction of sp³-hybridized carbons (Fsp3) is 0.828. The lowest BCUT2D eigenvalue weighted by atomic mass is 10.0. The van der Waals surface area contributed by atoms with Crippen LogP contribution in [0.15, 0.2) is 0 Å². The molecule has 0 aliphatic carbocycles. The van der Waals surface area contributed by atoms with Crippen LogP contribution in [-0.2, 0) is 24.0 Å².